The molecule has 22 nitrogen and oxygen atoms in total. The molecule has 12 amide bonds. The monoisotopic (exact) mass is 1700 g/mol. The SMILES string of the molecule is CC(C)CCN1C(=O)C(CC(=O)N2CCC(N3CCc4ccccc4NC3=O)CC2)SC1CCc1ccccc1.CN(C)c1ccccc1C1SC(CC(=O)N2CCC(N3CCc4ccccc4NC3=O)CC2)C(=O)N1CCC(C)(C)C.O=C(CC1SC(c2ccccc2)N(CC2CCCCC2)C1=O)N1CCC(N2Cc3ccccc3NC2=O)CC1.[HH].[HH]. The third-order valence-electron chi connectivity index (χ3n) is 26.0. The Kier molecular flexibility index (Phi) is 29.8. The Bertz CT molecular complexity index is 4600. The maximum absolute atomic E-state index is 13.8. The van der Waals surface area contributed by atoms with Crippen molar-refractivity contribution < 1.29 is 46.0 Å². The molecule has 3 N–H and O–H groups in total. The summed E-state index contributed by atoms with van der Waals surface area (Å²) >= 11 is 4.94. The third kappa shape index (κ3) is 22.2. The lowest BCUT2D eigenvalue weighted by Crippen LogP contribution is -2.51. The number of aryl methyl sites for hydroxylation is 1. The van der Waals surface area contributed by atoms with Crippen molar-refractivity contribution in [2.75, 3.05) is 107 Å². The highest BCUT2D eigenvalue weighted by molar-refractivity contribution is 8.02. The first kappa shape index (κ1) is 88.1. The number of likely N-dealkylation sites (tertiary alicyclic amines) is 3. The maximum Gasteiger partial charge on any atom is 0.322 e. The van der Waals surface area contributed by atoms with Crippen LogP contribution >= 0.6 is 35.3 Å². The molecule has 1 aliphatic carbocycles. The third-order valence-corrected chi connectivity index (χ3v) is 30.5. The van der Waals surface area contributed by atoms with Crippen LogP contribution in [0.25, 0.3) is 0 Å². The highest BCUT2D eigenvalue weighted by Crippen LogP contribution is 2.49. The van der Waals surface area contributed by atoms with E-state index in [0.717, 1.165) is 141 Å². The second-order valence-corrected chi connectivity index (χ2v) is 40.2. The van der Waals surface area contributed by atoms with Gasteiger partial charge in [-0.2, -0.15) is 0 Å². The van der Waals surface area contributed by atoms with Gasteiger partial charge in [0.2, 0.25) is 35.4 Å². The molecule has 1 saturated carbocycles. The van der Waals surface area contributed by atoms with Gasteiger partial charge in [0.1, 0.15) is 10.7 Å². The van der Waals surface area contributed by atoms with Gasteiger partial charge in [-0.15, -0.1) is 35.3 Å². The van der Waals surface area contributed by atoms with Gasteiger partial charge in [0.25, 0.3) is 0 Å². The summed E-state index contributed by atoms with van der Waals surface area (Å²) in [5, 5.41) is 8.06. The summed E-state index contributed by atoms with van der Waals surface area (Å²) in [5.41, 5.74) is 10.8. The van der Waals surface area contributed by atoms with Gasteiger partial charge in [-0.1, -0.05) is 187 Å². The number of nitrogens with zero attached hydrogens (tertiary/aromatic N) is 10. The fourth-order valence-electron chi connectivity index (χ4n) is 18.9. The van der Waals surface area contributed by atoms with Crippen molar-refractivity contribution >= 4 is 112 Å². The molecule has 25 heteroatoms. The zero-order valence-corrected chi connectivity index (χ0v) is 74.3. The van der Waals surface area contributed by atoms with Crippen molar-refractivity contribution in [3.05, 3.63) is 191 Å². The lowest BCUT2D eigenvalue weighted by atomic mass is 9.88. The number of hydrogen-bond donors (Lipinski definition) is 3. The molecular formula is C96H129N13O9S3. The minimum atomic E-state index is -0.398. The Morgan fingerprint density at radius 3 is 1.40 bits per heavy atom. The molecule has 6 unspecified atom stereocenters. The van der Waals surface area contributed by atoms with Gasteiger partial charge in [-0.25, -0.2) is 14.4 Å². The van der Waals surface area contributed by atoms with Crippen LogP contribution in [0, 0.1) is 17.3 Å². The summed E-state index contributed by atoms with van der Waals surface area (Å²) in [4.78, 5) is 140. The number of para-hydroxylation sites is 4. The van der Waals surface area contributed by atoms with Crippen LogP contribution in [-0.4, -0.2) is 223 Å². The van der Waals surface area contributed by atoms with E-state index in [1.54, 1.807) is 35.3 Å². The van der Waals surface area contributed by atoms with Crippen LogP contribution in [0.1, 0.15) is 191 Å². The molecular weight excluding hydrogens is 1580 g/mol. The molecule has 16 rings (SSSR count). The van der Waals surface area contributed by atoms with Crippen molar-refractivity contribution in [1.82, 2.24) is 44.1 Å². The minimum absolute atomic E-state index is 0. The number of rotatable bonds is 22. The van der Waals surface area contributed by atoms with E-state index in [1.807, 2.05) is 144 Å². The molecule has 0 bridgehead atoms. The van der Waals surface area contributed by atoms with E-state index < -0.39 is 5.25 Å². The zero-order chi connectivity index (χ0) is 84.8. The summed E-state index contributed by atoms with van der Waals surface area (Å²) in [6, 6.07) is 53.0. The molecule has 121 heavy (non-hydrogen) atoms. The Morgan fingerprint density at radius 2 is 0.893 bits per heavy atom. The van der Waals surface area contributed by atoms with Gasteiger partial charge in [-0.3, -0.25) is 28.8 Å². The molecule has 10 aliphatic rings. The Balaban J connectivity index is 0.000000167. The van der Waals surface area contributed by atoms with Crippen molar-refractivity contribution in [3.63, 3.8) is 0 Å². The smallest absolute Gasteiger partial charge is 0.322 e. The number of carbonyl (C=O) groups excluding carboxylic acids is 9. The maximum atomic E-state index is 13.8. The summed E-state index contributed by atoms with van der Waals surface area (Å²) in [6.45, 7) is 18.8. The van der Waals surface area contributed by atoms with E-state index in [9.17, 15) is 43.2 Å². The zero-order valence-electron chi connectivity index (χ0n) is 71.9. The number of hydrogen-bond acceptors (Lipinski definition) is 13. The molecule has 6 aromatic carbocycles. The largest absolute Gasteiger partial charge is 0.377 e. The number of benzene rings is 6. The molecule has 9 aliphatic heterocycles. The topological polar surface area (TPSA) is 222 Å². The summed E-state index contributed by atoms with van der Waals surface area (Å²) < 4.78 is 0. The van der Waals surface area contributed by atoms with Gasteiger partial charge < -0.3 is 64.9 Å². The number of amides is 12. The molecule has 650 valence electrons. The quantitative estimate of drug-likeness (QED) is 0.0576. The van der Waals surface area contributed by atoms with Crippen molar-refractivity contribution in [2.45, 2.75) is 220 Å². The Morgan fingerprint density at radius 1 is 0.463 bits per heavy atom. The van der Waals surface area contributed by atoms with Crippen molar-refractivity contribution in [3.8, 4) is 0 Å². The van der Waals surface area contributed by atoms with Crippen LogP contribution in [0.3, 0.4) is 0 Å². The van der Waals surface area contributed by atoms with E-state index >= 15 is 0 Å². The standard InChI is InChI=1S/C33H45N5O3S.C32H42N4O3S.C31H38N4O3S.2H2/c1-33(2,3)17-21-38-30(40)28(42-31(38)25-11-7-9-13-27(25)35(4)5)22-29(39)36-18-15-24(16-19-36)37-20-14-23-10-6-8-12-26(23)34-32(37)41;1-23(2)14-20-36-30(13-12-24-8-4-3-5-9-24)40-28(31(36)38)22-29(37)34-18-16-26(17-19-34)35-21-15-25-10-6-7-11-27(25)33-32(35)39;36-28(33-17-15-25(16-18-33)34-21-24-13-7-8-14-26(24)32-31(34)38)19-27-29(37)35(20-22-9-3-1-4-10-22)30(39-27)23-11-5-2-6-12-23;;/h6-13,24,28,31H,14-22H2,1-5H3,(H,34,41);3-11,23,26,28,30H,12-22H2,1-2H3,(H,33,39);2,5-8,11-14,22,25,27,30H,1,3-4,9-10,15-21H2,(H,32,38);2*1H. The van der Waals surface area contributed by atoms with Crippen LogP contribution in [0.15, 0.2) is 158 Å². The number of anilines is 4. The van der Waals surface area contributed by atoms with E-state index in [0.29, 0.717) is 77.3 Å². The first-order valence-electron chi connectivity index (χ1n) is 44.5. The molecule has 0 radical (unpaired) electrons. The lowest BCUT2D eigenvalue weighted by Gasteiger charge is -2.40. The van der Waals surface area contributed by atoms with Gasteiger partial charge >= 0.3 is 18.1 Å². The van der Waals surface area contributed by atoms with Gasteiger partial charge in [0.05, 0.1) is 21.1 Å². The minimum Gasteiger partial charge on any atom is -0.377 e. The van der Waals surface area contributed by atoms with Gasteiger partial charge in [0.15, 0.2) is 0 Å². The first-order chi connectivity index (χ1) is 58.5. The molecule has 6 atom stereocenters. The lowest BCUT2D eigenvalue weighted by molar-refractivity contribution is -0.137. The number of piperidine rings is 3. The Hall–Kier alpha value is -9.20. The van der Waals surface area contributed by atoms with Crippen LogP contribution < -0.4 is 20.9 Å². The second kappa shape index (κ2) is 40.9. The first-order valence-corrected chi connectivity index (χ1v) is 47.3. The van der Waals surface area contributed by atoms with Crippen LogP contribution in [0.5, 0.6) is 0 Å². The molecule has 0 spiro atoms. The second-order valence-electron chi connectivity index (χ2n) is 36.2. The summed E-state index contributed by atoms with van der Waals surface area (Å²) in [6.07, 6.45) is 16.8. The number of fused-ring (bicyclic) bond motifs is 3. The van der Waals surface area contributed by atoms with Crippen LogP contribution in [0.2, 0.25) is 0 Å². The Labute approximate surface area is 732 Å². The van der Waals surface area contributed by atoms with E-state index in [2.05, 4.69) is 127 Å². The van der Waals surface area contributed by atoms with E-state index in [4.69, 9.17) is 0 Å². The van der Waals surface area contributed by atoms with Crippen LogP contribution in [-0.2, 0) is 54.6 Å². The summed E-state index contributed by atoms with van der Waals surface area (Å²) in [5.74, 6) is 1.52. The van der Waals surface area contributed by atoms with Crippen molar-refractivity contribution in [2.24, 2.45) is 17.3 Å². The van der Waals surface area contributed by atoms with E-state index in [1.165, 1.54) is 37.7 Å². The average Bonchev–Trinajstić information content (AvgIpc) is 1.43. The molecule has 6 saturated heterocycles. The average molecular weight is 1710 g/mol. The van der Waals surface area contributed by atoms with Gasteiger partial charge in [-0.05, 0) is 159 Å². The fraction of sp³-hybridized carbons (Fsp3) is 0.531. The number of thioether (sulfide) groups is 3. The predicted octanol–water partition coefficient (Wildman–Crippen LogP) is 17.1. The number of carbonyl (C=O) groups is 9. The fourth-order valence-corrected chi connectivity index (χ4v) is 23.4. The molecule has 9 heterocycles. The molecule has 0 aromatic heterocycles. The van der Waals surface area contributed by atoms with Gasteiger partial charge in [0, 0.05) is 161 Å². The highest BCUT2D eigenvalue weighted by Gasteiger charge is 2.48. The van der Waals surface area contributed by atoms with E-state index in [-0.39, 0.29) is 126 Å². The predicted molar refractivity (Wildman–Crippen MR) is 490 cm³/mol. The number of urea groups is 3. The number of nitrogens with one attached hydrogen (secondary N) is 3. The van der Waals surface area contributed by atoms with Crippen molar-refractivity contribution in [1.29, 1.82) is 0 Å². The molecule has 7 fully saturated rings. The summed E-state index contributed by atoms with van der Waals surface area (Å²) in [7, 11) is 4.05. The normalized spacial score (nSPS) is 22.7. The van der Waals surface area contributed by atoms with Crippen LogP contribution in [0.4, 0.5) is 37.1 Å². The molecule has 6 aromatic rings. The highest BCUT2D eigenvalue weighted by atomic mass is 32.2.